The van der Waals surface area contributed by atoms with Crippen molar-refractivity contribution in [3.05, 3.63) is 88.2 Å². The number of Topliss-reactive ketones (excluding diaryl/α,β-unsaturated/α-hetero) is 1. The SMILES string of the molecule is COc1ccc(C(NC(=O)c2[nH]c3c(c2C)C(=O)CCC3)c2ccccc2)cc1. The summed E-state index contributed by atoms with van der Waals surface area (Å²) < 4.78 is 5.25. The standard InChI is InChI=1S/C24H24N2O3/c1-15-21-19(9-6-10-20(21)27)25-22(15)24(28)26-23(16-7-4-3-5-8-16)17-11-13-18(29-2)14-12-17/h3-5,7-8,11-14,23,25H,6,9-10H2,1-2H3,(H,26,28). The topological polar surface area (TPSA) is 71.2 Å². The molecule has 29 heavy (non-hydrogen) atoms. The number of aromatic amines is 1. The third-order valence-electron chi connectivity index (χ3n) is 5.52. The second kappa shape index (κ2) is 7.95. The Morgan fingerprint density at radius 1 is 1.03 bits per heavy atom. The van der Waals surface area contributed by atoms with Crippen molar-refractivity contribution >= 4 is 11.7 Å². The fraction of sp³-hybridized carbons (Fsp3) is 0.250. The van der Waals surface area contributed by atoms with E-state index >= 15 is 0 Å². The summed E-state index contributed by atoms with van der Waals surface area (Å²) >= 11 is 0. The van der Waals surface area contributed by atoms with Gasteiger partial charge in [-0.1, -0.05) is 42.5 Å². The number of fused-ring (bicyclic) bond motifs is 1. The molecule has 5 nitrogen and oxygen atoms in total. The van der Waals surface area contributed by atoms with Gasteiger partial charge in [0.05, 0.1) is 13.2 Å². The average molecular weight is 388 g/mol. The van der Waals surface area contributed by atoms with Crippen molar-refractivity contribution in [2.24, 2.45) is 0 Å². The molecule has 2 aromatic carbocycles. The number of ketones is 1. The number of aromatic nitrogens is 1. The maximum Gasteiger partial charge on any atom is 0.268 e. The zero-order valence-corrected chi connectivity index (χ0v) is 16.6. The lowest BCUT2D eigenvalue weighted by molar-refractivity contribution is 0.0937. The van der Waals surface area contributed by atoms with E-state index in [0.29, 0.717) is 17.7 Å². The Bertz CT molecular complexity index is 1040. The molecule has 0 spiro atoms. The number of nitrogens with one attached hydrogen (secondary N) is 2. The van der Waals surface area contributed by atoms with Gasteiger partial charge in [0.15, 0.2) is 5.78 Å². The molecule has 0 saturated carbocycles. The molecule has 0 radical (unpaired) electrons. The van der Waals surface area contributed by atoms with Crippen LogP contribution in [0.5, 0.6) is 5.75 Å². The monoisotopic (exact) mass is 388 g/mol. The quantitative estimate of drug-likeness (QED) is 0.682. The molecule has 0 aliphatic heterocycles. The Balaban J connectivity index is 1.68. The van der Waals surface area contributed by atoms with Crippen LogP contribution in [-0.4, -0.2) is 23.8 Å². The number of rotatable bonds is 5. The minimum absolute atomic E-state index is 0.119. The van der Waals surface area contributed by atoms with Gasteiger partial charge in [0.1, 0.15) is 11.4 Å². The number of hydrogen-bond donors (Lipinski definition) is 2. The predicted octanol–water partition coefficient (Wildman–Crippen LogP) is 4.37. The second-order valence-corrected chi connectivity index (χ2v) is 7.35. The molecular formula is C24H24N2O3. The smallest absolute Gasteiger partial charge is 0.268 e. The van der Waals surface area contributed by atoms with Crippen LogP contribution < -0.4 is 10.1 Å². The lowest BCUT2D eigenvalue weighted by Crippen LogP contribution is -2.30. The van der Waals surface area contributed by atoms with Crippen LogP contribution in [-0.2, 0) is 6.42 Å². The number of ether oxygens (including phenoxy) is 1. The van der Waals surface area contributed by atoms with Crippen LogP contribution in [0.3, 0.4) is 0 Å². The summed E-state index contributed by atoms with van der Waals surface area (Å²) in [4.78, 5) is 28.7. The van der Waals surface area contributed by atoms with E-state index in [4.69, 9.17) is 4.74 Å². The van der Waals surface area contributed by atoms with Crippen LogP contribution in [0.1, 0.15) is 62.1 Å². The zero-order valence-electron chi connectivity index (χ0n) is 16.6. The highest BCUT2D eigenvalue weighted by Gasteiger charge is 2.27. The minimum atomic E-state index is -0.315. The molecule has 0 saturated heterocycles. The van der Waals surface area contributed by atoms with Crippen LogP contribution >= 0.6 is 0 Å². The van der Waals surface area contributed by atoms with Crippen molar-refractivity contribution in [1.82, 2.24) is 10.3 Å². The van der Waals surface area contributed by atoms with Crippen molar-refractivity contribution in [1.29, 1.82) is 0 Å². The van der Waals surface area contributed by atoms with Gasteiger partial charge >= 0.3 is 0 Å². The van der Waals surface area contributed by atoms with Gasteiger partial charge in [-0.25, -0.2) is 0 Å². The van der Waals surface area contributed by atoms with Gasteiger partial charge in [-0.2, -0.15) is 0 Å². The van der Waals surface area contributed by atoms with Crippen molar-refractivity contribution in [2.45, 2.75) is 32.2 Å². The molecule has 0 fully saturated rings. The van der Waals surface area contributed by atoms with E-state index in [0.717, 1.165) is 41.0 Å². The molecule has 1 aliphatic carbocycles. The Morgan fingerprint density at radius 2 is 1.72 bits per heavy atom. The number of H-pyrrole nitrogens is 1. The van der Waals surface area contributed by atoms with E-state index in [1.165, 1.54) is 0 Å². The second-order valence-electron chi connectivity index (χ2n) is 7.35. The fourth-order valence-electron chi connectivity index (χ4n) is 4.01. The van der Waals surface area contributed by atoms with Gasteiger partial charge < -0.3 is 15.0 Å². The summed E-state index contributed by atoms with van der Waals surface area (Å²) in [5.41, 5.74) is 4.72. The highest BCUT2D eigenvalue weighted by Crippen LogP contribution is 2.28. The van der Waals surface area contributed by atoms with Gasteiger partial charge in [-0.05, 0) is 48.6 Å². The Morgan fingerprint density at radius 3 is 2.38 bits per heavy atom. The first kappa shape index (κ1) is 19.0. The van der Waals surface area contributed by atoms with Crippen molar-refractivity contribution in [2.75, 3.05) is 7.11 Å². The number of hydrogen-bond acceptors (Lipinski definition) is 3. The molecule has 2 N–H and O–H groups in total. The van der Waals surface area contributed by atoms with Crippen LogP contribution in [0.2, 0.25) is 0 Å². The first-order valence-electron chi connectivity index (χ1n) is 9.83. The van der Waals surface area contributed by atoms with E-state index in [1.54, 1.807) is 7.11 Å². The van der Waals surface area contributed by atoms with Crippen LogP contribution in [0.4, 0.5) is 0 Å². The molecule has 4 rings (SSSR count). The average Bonchev–Trinajstić information content (AvgIpc) is 3.10. The third kappa shape index (κ3) is 3.68. The highest BCUT2D eigenvalue weighted by molar-refractivity contribution is 6.04. The molecule has 1 unspecified atom stereocenters. The van der Waals surface area contributed by atoms with Gasteiger partial charge in [-0.15, -0.1) is 0 Å². The molecule has 1 aromatic heterocycles. The molecule has 1 amide bonds. The maximum absolute atomic E-state index is 13.2. The third-order valence-corrected chi connectivity index (χ3v) is 5.52. The van der Waals surface area contributed by atoms with E-state index in [9.17, 15) is 9.59 Å². The van der Waals surface area contributed by atoms with Crippen LogP contribution in [0.15, 0.2) is 54.6 Å². The number of carbonyl (C=O) groups is 2. The first-order chi connectivity index (χ1) is 14.1. The van der Waals surface area contributed by atoms with Crippen LogP contribution in [0, 0.1) is 6.92 Å². The number of benzene rings is 2. The van der Waals surface area contributed by atoms with E-state index < -0.39 is 0 Å². The van der Waals surface area contributed by atoms with Gasteiger partial charge in [0, 0.05) is 17.7 Å². The normalized spacial score (nSPS) is 14.2. The van der Waals surface area contributed by atoms with E-state index in [1.807, 2.05) is 61.5 Å². The molecular weight excluding hydrogens is 364 g/mol. The molecule has 148 valence electrons. The summed E-state index contributed by atoms with van der Waals surface area (Å²) in [6.45, 7) is 1.85. The Labute approximate surface area is 170 Å². The van der Waals surface area contributed by atoms with Gasteiger partial charge in [0.25, 0.3) is 5.91 Å². The van der Waals surface area contributed by atoms with E-state index in [-0.39, 0.29) is 17.7 Å². The lowest BCUT2D eigenvalue weighted by atomic mass is 9.93. The van der Waals surface area contributed by atoms with Crippen molar-refractivity contribution in [3.8, 4) is 5.75 Å². The zero-order chi connectivity index (χ0) is 20.4. The van der Waals surface area contributed by atoms with Gasteiger partial charge in [0.2, 0.25) is 0 Å². The number of carbonyl (C=O) groups excluding carboxylic acids is 2. The first-order valence-corrected chi connectivity index (χ1v) is 9.83. The van der Waals surface area contributed by atoms with Crippen molar-refractivity contribution in [3.63, 3.8) is 0 Å². The highest BCUT2D eigenvalue weighted by atomic mass is 16.5. The number of aryl methyl sites for hydroxylation is 1. The Hall–Kier alpha value is -3.34. The summed E-state index contributed by atoms with van der Waals surface area (Å²) in [5, 5.41) is 3.15. The molecule has 1 heterocycles. The number of methoxy groups -OCH3 is 1. The van der Waals surface area contributed by atoms with Crippen molar-refractivity contribution < 1.29 is 14.3 Å². The van der Waals surface area contributed by atoms with Gasteiger partial charge in [-0.3, -0.25) is 9.59 Å². The molecule has 0 bridgehead atoms. The summed E-state index contributed by atoms with van der Waals surface area (Å²) in [6.07, 6.45) is 2.17. The lowest BCUT2D eigenvalue weighted by Gasteiger charge is -2.20. The molecule has 1 atom stereocenters. The fourth-order valence-corrected chi connectivity index (χ4v) is 4.01. The van der Waals surface area contributed by atoms with E-state index in [2.05, 4.69) is 10.3 Å². The maximum atomic E-state index is 13.2. The molecule has 3 aromatic rings. The largest absolute Gasteiger partial charge is 0.497 e. The Kier molecular flexibility index (Phi) is 5.21. The summed E-state index contributed by atoms with van der Waals surface area (Å²) in [6, 6.07) is 17.2. The summed E-state index contributed by atoms with van der Waals surface area (Å²) in [5.74, 6) is 0.668. The number of amides is 1. The predicted molar refractivity (Wildman–Crippen MR) is 112 cm³/mol. The molecule has 1 aliphatic rings. The minimum Gasteiger partial charge on any atom is -0.497 e. The molecule has 5 heteroatoms. The van der Waals surface area contributed by atoms with Crippen LogP contribution in [0.25, 0.3) is 0 Å². The summed E-state index contributed by atoms with van der Waals surface area (Å²) in [7, 11) is 1.63.